The Morgan fingerprint density at radius 2 is 1.85 bits per heavy atom. The summed E-state index contributed by atoms with van der Waals surface area (Å²) >= 11 is 6.18. The molecule has 13 heteroatoms. The minimum Gasteiger partial charge on any atom is -0.367 e. The Morgan fingerprint density at radius 3 is 2.49 bits per heavy atom. The van der Waals surface area contributed by atoms with Crippen LogP contribution in [0.5, 0.6) is 0 Å². The van der Waals surface area contributed by atoms with Gasteiger partial charge in [-0.25, -0.2) is 8.78 Å². The van der Waals surface area contributed by atoms with Crippen LogP contribution >= 0.6 is 11.6 Å². The standard InChI is InChI=1S/C26H29ClF5N5O2/c1-15-14-37(11-10-36(15)9-8-26(30,31)32)20-12-17(27)3-5-19(20)35-23(38)18-4-2-16(21(28)22(18)29)13-34-24(39)25(33)6-7-25/h2-5,12,15H,6-11,13-14,33H2,1H3,(H,34,39)(H,35,38)/t15-/m0/s1. The summed E-state index contributed by atoms with van der Waals surface area (Å²) in [5.74, 6) is -3.98. The van der Waals surface area contributed by atoms with Crippen LogP contribution in [0, 0.1) is 11.6 Å². The summed E-state index contributed by atoms with van der Waals surface area (Å²) in [6, 6.07) is 6.78. The molecule has 2 aliphatic rings. The highest BCUT2D eigenvalue weighted by Crippen LogP contribution is 2.33. The molecule has 0 bridgehead atoms. The highest BCUT2D eigenvalue weighted by Gasteiger charge is 2.45. The lowest BCUT2D eigenvalue weighted by atomic mass is 10.1. The summed E-state index contributed by atoms with van der Waals surface area (Å²) in [6.45, 7) is 2.52. The van der Waals surface area contributed by atoms with E-state index in [-0.39, 0.29) is 30.4 Å². The van der Waals surface area contributed by atoms with Gasteiger partial charge >= 0.3 is 6.18 Å². The van der Waals surface area contributed by atoms with E-state index in [1.807, 2.05) is 11.8 Å². The van der Waals surface area contributed by atoms with Crippen LogP contribution < -0.4 is 21.3 Å². The molecule has 2 amide bonds. The Labute approximate surface area is 227 Å². The van der Waals surface area contributed by atoms with Gasteiger partial charge in [0, 0.05) is 49.4 Å². The molecule has 7 nitrogen and oxygen atoms in total. The molecule has 39 heavy (non-hydrogen) atoms. The Bertz CT molecular complexity index is 1250. The summed E-state index contributed by atoms with van der Waals surface area (Å²) in [4.78, 5) is 28.6. The maximum absolute atomic E-state index is 14.9. The highest BCUT2D eigenvalue weighted by atomic mass is 35.5. The number of nitrogens with one attached hydrogen (secondary N) is 2. The van der Waals surface area contributed by atoms with Crippen LogP contribution in [0.3, 0.4) is 0 Å². The van der Waals surface area contributed by atoms with Gasteiger partial charge in [-0.15, -0.1) is 0 Å². The molecule has 1 aliphatic carbocycles. The highest BCUT2D eigenvalue weighted by molar-refractivity contribution is 6.31. The molecule has 2 fully saturated rings. The second kappa shape index (κ2) is 11.3. The van der Waals surface area contributed by atoms with Crippen molar-refractivity contribution in [2.24, 2.45) is 5.73 Å². The zero-order valence-electron chi connectivity index (χ0n) is 21.2. The molecule has 1 saturated carbocycles. The van der Waals surface area contributed by atoms with Crippen molar-refractivity contribution in [3.05, 3.63) is 58.1 Å². The predicted octanol–water partition coefficient (Wildman–Crippen LogP) is 4.44. The van der Waals surface area contributed by atoms with Gasteiger partial charge < -0.3 is 21.3 Å². The quantitative estimate of drug-likeness (QED) is 0.406. The van der Waals surface area contributed by atoms with E-state index in [9.17, 15) is 31.5 Å². The zero-order valence-corrected chi connectivity index (χ0v) is 21.9. The Balaban J connectivity index is 1.45. The average molecular weight is 574 g/mol. The minimum absolute atomic E-state index is 0.116. The Hall–Kier alpha value is -2.96. The number of carbonyl (C=O) groups is 2. The van der Waals surface area contributed by atoms with E-state index >= 15 is 0 Å². The fourth-order valence-electron chi connectivity index (χ4n) is 4.49. The number of nitrogens with zero attached hydrogens (tertiary/aromatic N) is 2. The van der Waals surface area contributed by atoms with E-state index in [4.69, 9.17) is 17.3 Å². The molecule has 1 atom stereocenters. The maximum Gasteiger partial charge on any atom is 0.390 e. The fourth-order valence-corrected chi connectivity index (χ4v) is 4.66. The molecule has 1 aliphatic heterocycles. The van der Waals surface area contributed by atoms with Crippen LogP contribution in [0.4, 0.5) is 33.3 Å². The van der Waals surface area contributed by atoms with Crippen LogP contribution in [0.2, 0.25) is 5.02 Å². The molecule has 2 aromatic carbocycles. The third-order valence-corrected chi connectivity index (χ3v) is 7.32. The Kier molecular flexibility index (Phi) is 8.38. The first kappa shape index (κ1) is 29.0. The van der Waals surface area contributed by atoms with Gasteiger partial charge in [0.1, 0.15) is 0 Å². The van der Waals surface area contributed by atoms with Crippen LogP contribution in [0.1, 0.15) is 42.1 Å². The van der Waals surface area contributed by atoms with E-state index in [0.717, 1.165) is 6.07 Å². The predicted molar refractivity (Wildman–Crippen MR) is 138 cm³/mol. The molecule has 0 radical (unpaired) electrons. The van der Waals surface area contributed by atoms with Crippen molar-refractivity contribution in [2.75, 3.05) is 36.4 Å². The van der Waals surface area contributed by atoms with Gasteiger partial charge in [-0.3, -0.25) is 14.5 Å². The second-order valence-corrected chi connectivity index (χ2v) is 10.5. The zero-order chi connectivity index (χ0) is 28.5. The SMILES string of the molecule is C[C@H]1CN(c2cc(Cl)ccc2NC(=O)c2ccc(CNC(=O)C3(N)CC3)c(F)c2F)CCN1CCC(F)(F)F. The van der Waals surface area contributed by atoms with Crippen molar-refractivity contribution in [2.45, 2.75) is 50.5 Å². The molecule has 4 N–H and O–H groups in total. The van der Waals surface area contributed by atoms with Crippen LogP contribution in [-0.4, -0.2) is 60.7 Å². The van der Waals surface area contributed by atoms with Crippen molar-refractivity contribution in [1.82, 2.24) is 10.2 Å². The van der Waals surface area contributed by atoms with Gasteiger partial charge in [-0.2, -0.15) is 13.2 Å². The first-order chi connectivity index (χ1) is 18.3. The number of anilines is 2. The van der Waals surface area contributed by atoms with Crippen molar-refractivity contribution in [3.63, 3.8) is 0 Å². The smallest absolute Gasteiger partial charge is 0.367 e. The number of benzene rings is 2. The third-order valence-electron chi connectivity index (χ3n) is 7.08. The number of carbonyl (C=O) groups excluding carboxylic acids is 2. The largest absolute Gasteiger partial charge is 0.390 e. The van der Waals surface area contributed by atoms with Gasteiger partial charge in [-0.1, -0.05) is 17.7 Å². The normalized spacial score (nSPS) is 19.1. The topological polar surface area (TPSA) is 90.7 Å². The number of piperazine rings is 1. The number of nitrogens with two attached hydrogens (primary N) is 1. The number of alkyl halides is 3. The summed E-state index contributed by atoms with van der Waals surface area (Å²) in [5.41, 5.74) is 4.96. The molecular weight excluding hydrogens is 545 g/mol. The van der Waals surface area contributed by atoms with Gasteiger partial charge in [0.05, 0.1) is 28.9 Å². The molecule has 1 heterocycles. The monoisotopic (exact) mass is 573 g/mol. The number of amides is 2. The average Bonchev–Trinajstić information content (AvgIpc) is 3.63. The minimum atomic E-state index is -4.24. The van der Waals surface area contributed by atoms with Crippen molar-refractivity contribution >= 4 is 34.8 Å². The molecule has 4 rings (SSSR count). The van der Waals surface area contributed by atoms with Crippen molar-refractivity contribution in [1.29, 1.82) is 0 Å². The first-order valence-corrected chi connectivity index (χ1v) is 12.9. The molecule has 2 aromatic rings. The number of hydrogen-bond donors (Lipinski definition) is 3. The van der Waals surface area contributed by atoms with Crippen LogP contribution in [-0.2, 0) is 11.3 Å². The molecular formula is C26H29ClF5N5O2. The van der Waals surface area contributed by atoms with Crippen LogP contribution in [0.25, 0.3) is 0 Å². The van der Waals surface area contributed by atoms with E-state index < -0.39 is 47.1 Å². The molecule has 0 spiro atoms. The van der Waals surface area contributed by atoms with E-state index in [1.165, 1.54) is 18.2 Å². The molecule has 212 valence electrons. The van der Waals surface area contributed by atoms with Gasteiger partial charge in [-0.05, 0) is 44.0 Å². The molecule has 1 saturated heterocycles. The number of hydrogen-bond acceptors (Lipinski definition) is 5. The lowest BCUT2D eigenvalue weighted by Gasteiger charge is -2.41. The number of halogens is 6. The van der Waals surface area contributed by atoms with Gasteiger partial charge in [0.15, 0.2) is 11.6 Å². The lowest BCUT2D eigenvalue weighted by Crippen LogP contribution is -2.52. The van der Waals surface area contributed by atoms with E-state index in [2.05, 4.69) is 10.6 Å². The second-order valence-electron chi connectivity index (χ2n) is 10.1. The Morgan fingerprint density at radius 1 is 1.13 bits per heavy atom. The fraction of sp³-hybridized carbons (Fsp3) is 0.462. The van der Waals surface area contributed by atoms with Gasteiger partial charge in [0.2, 0.25) is 5.91 Å². The van der Waals surface area contributed by atoms with E-state index in [1.54, 1.807) is 11.0 Å². The summed E-state index contributed by atoms with van der Waals surface area (Å²) in [7, 11) is 0. The van der Waals surface area contributed by atoms with Crippen LogP contribution in [0.15, 0.2) is 30.3 Å². The molecule has 0 aromatic heterocycles. The lowest BCUT2D eigenvalue weighted by molar-refractivity contribution is -0.139. The maximum atomic E-state index is 14.9. The van der Waals surface area contributed by atoms with Crippen molar-refractivity contribution < 1.29 is 31.5 Å². The summed E-state index contributed by atoms with van der Waals surface area (Å²) in [5, 5.41) is 5.44. The van der Waals surface area contributed by atoms with Crippen molar-refractivity contribution in [3.8, 4) is 0 Å². The third kappa shape index (κ3) is 6.98. The van der Waals surface area contributed by atoms with E-state index in [0.29, 0.717) is 43.2 Å². The summed E-state index contributed by atoms with van der Waals surface area (Å²) < 4.78 is 67.6. The van der Waals surface area contributed by atoms with Gasteiger partial charge in [0.25, 0.3) is 5.91 Å². The molecule has 0 unspecified atom stereocenters. The summed E-state index contributed by atoms with van der Waals surface area (Å²) in [6.07, 6.45) is -4.11. The first-order valence-electron chi connectivity index (χ1n) is 12.5. The number of rotatable bonds is 8.